The second-order valence-electron chi connectivity index (χ2n) is 6.86. The summed E-state index contributed by atoms with van der Waals surface area (Å²) in [7, 11) is 0. The van der Waals surface area contributed by atoms with Crippen molar-refractivity contribution >= 4 is 11.7 Å². The maximum atomic E-state index is 12.4. The van der Waals surface area contributed by atoms with Gasteiger partial charge in [-0.1, -0.05) is 6.92 Å². The van der Waals surface area contributed by atoms with Crippen molar-refractivity contribution in [2.45, 2.75) is 32.6 Å². The smallest absolute Gasteiger partial charge is 0.251 e. The fourth-order valence-electron chi connectivity index (χ4n) is 3.42. The maximum Gasteiger partial charge on any atom is 0.251 e. The van der Waals surface area contributed by atoms with Gasteiger partial charge in [0.1, 0.15) is 5.82 Å². The maximum absolute atomic E-state index is 12.4. The largest absolute Gasteiger partial charge is 0.381 e. The van der Waals surface area contributed by atoms with Crippen LogP contribution in [0.2, 0.25) is 0 Å². The number of anilines is 1. The highest BCUT2D eigenvalue weighted by Gasteiger charge is 2.19. The first-order valence-electron chi connectivity index (χ1n) is 8.79. The highest BCUT2D eigenvalue weighted by Crippen LogP contribution is 2.22. The number of nitrogens with zero attached hydrogens (tertiary/aromatic N) is 2. The standard InChI is InChI=1S/C18H27N3O2/c1-14-3-2-8-21(13-14)17-11-16(4-7-19-17)18(22)20-12-15-5-9-23-10-6-15/h4,7,11,14-15H,2-3,5-6,8-10,12-13H2,1H3,(H,20,22). The number of rotatable bonds is 4. The molecule has 1 unspecified atom stereocenters. The summed E-state index contributed by atoms with van der Waals surface area (Å²) in [5.74, 6) is 2.16. The first-order chi connectivity index (χ1) is 11.2. The van der Waals surface area contributed by atoms with Gasteiger partial charge in [-0.3, -0.25) is 4.79 Å². The molecule has 2 saturated heterocycles. The summed E-state index contributed by atoms with van der Waals surface area (Å²) in [6, 6.07) is 3.73. The van der Waals surface area contributed by atoms with Gasteiger partial charge in [0.15, 0.2) is 0 Å². The van der Waals surface area contributed by atoms with Gasteiger partial charge in [-0.2, -0.15) is 0 Å². The molecule has 0 spiro atoms. The molecule has 0 bridgehead atoms. The molecule has 0 radical (unpaired) electrons. The Kier molecular flexibility index (Phi) is 5.49. The van der Waals surface area contributed by atoms with Gasteiger partial charge in [0.25, 0.3) is 5.91 Å². The molecule has 3 rings (SSSR count). The van der Waals surface area contributed by atoms with Crippen LogP contribution in [0.15, 0.2) is 18.3 Å². The Labute approximate surface area is 138 Å². The van der Waals surface area contributed by atoms with Crippen LogP contribution in [-0.2, 0) is 4.74 Å². The SMILES string of the molecule is CC1CCCN(c2cc(C(=O)NCC3CCOCC3)ccn2)C1. The number of hydrogen-bond donors (Lipinski definition) is 1. The van der Waals surface area contributed by atoms with Gasteiger partial charge >= 0.3 is 0 Å². The van der Waals surface area contributed by atoms with E-state index in [0.717, 1.165) is 51.5 Å². The molecule has 0 aromatic carbocycles. The molecule has 2 aliphatic rings. The van der Waals surface area contributed by atoms with E-state index in [1.54, 1.807) is 12.3 Å². The number of piperidine rings is 1. The third kappa shape index (κ3) is 4.44. The van der Waals surface area contributed by atoms with E-state index in [1.165, 1.54) is 12.8 Å². The number of carbonyl (C=O) groups is 1. The number of hydrogen-bond acceptors (Lipinski definition) is 4. The van der Waals surface area contributed by atoms with E-state index in [9.17, 15) is 4.79 Å². The van der Waals surface area contributed by atoms with Crippen molar-refractivity contribution in [3.63, 3.8) is 0 Å². The number of nitrogens with one attached hydrogen (secondary N) is 1. The Morgan fingerprint density at radius 1 is 1.39 bits per heavy atom. The summed E-state index contributed by atoms with van der Waals surface area (Å²) in [6.45, 7) is 6.70. The normalized spacial score (nSPS) is 22.8. The van der Waals surface area contributed by atoms with E-state index in [-0.39, 0.29) is 5.91 Å². The minimum Gasteiger partial charge on any atom is -0.381 e. The zero-order valence-corrected chi connectivity index (χ0v) is 14.0. The Morgan fingerprint density at radius 3 is 3.00 bits per heavy atom. The van der Waals surface area contributed by atoms with Gasteiger partial charge in [-0.15, -0.1) is 0 Å². The van der Waals surface area contributed by atoms with Crippen LogP contribution in [0.5, 0.6) is 0 Å². The molecule has 5 heteroatoms. The number of ether oxygens (including phenoxy) is 1. The first kappa shape index (κ1) is 16.2. The van der Waals surface area contributed by atoms with Crippen LogP contribution in [-0.4, -0.2) is 43.7 Å². The molecule has 0 aliphatic carbocycles. The van der Waals surface area contributed by atoms with E-state index in [0.29, 0.717) is 17.4 Å². The lowest BCUT2D eigenvalue weighted by molar-refractivity contribution is 0.0642. The van der Waals surface area contributed by atoms with Gasteiger partial charge in [0, 0.05) is 44.6 Å². The summed E-state index contributed by atoms with van der Waals surface area (Å²) < 4.78 is 5.36. The van der Waals surface area contributed by atoms with Crippen LogP contribution in [0.25, 0.3) is 0 Å². The van der Waals surface area contributed by atoms with Crippen LogP contribution < -0.4 is 10.2 Å². The Morgan fingerprint density at radius 2 is 2.22 bits per heavy atom. The van der Waals surface area contributed by atoms with E-state index >= 15 is 0 Å². The fourth-order valence-corrected chi connectivity index (χ4v) is 3.42. The number of pyridine rings is 1. The first-order valence-corrected chi connectivity index (χ1v) is 8.79. The molecule has 1 aromatic heterocycles. The predicted octanol–water partition coefficient (Wildman–Crippen LogP) is 2.47. The van der Waals surface area contributed by atoms with Crippen molar-refractivity contribution in [3.05, 3.63) is 23.9 Å². The second-order valence-corrected chi connectivity index (χ2v) is 6.86. The van der Waals surface area contributed by atoms with Crippen LogP contribution in [0.4, 0.5) is 5.82 Å². The molecule has 126 valence electrons. The lowest BCUT2D eigenvalue weighted by Crippen LogP contribution is -2.35. The lowest BCUT2D eigenvalue weighted by atomic mass is 10.00. The number of amides is 1. The molecule has 1 amide bonds. The molecule has 0 saturated carbocycles. The molecule has 5 nitrogen and oxygen atoms in total. The summed E-state index contributed by atoms with van der Waals surface area (Å²) >= 11 is 0. The van der Waals surface area contributed by atoms with E-state index < -0.39 is 0 Å². The molecule has 1 atom stereocenters. The molecule has 3 heterocycles. The summed E-state index contributed by atoms with van der Waals surface area (Å²) in [5.41, 5.74) is 0.709. The third-order valence-electron chi connectivity index (χ3n) is 4.88. The molecule has 1 N–H and O–H groups in total. The number of aromatic nitrogens is 1. The predicted molar refractivity (Wildman–Crippen MR) is 90.7 cm³/mol. The summed E-state index contributed by atoms with van der Waals surface area (Å²) in [6.07, 6.45) is 6.30. The second kappa shape index (κ2) is 7.77. The van der Waals surface area contributed by atoms with Crippen molar-refractivity contribution in [3.8, 4) is 0 Å². The van der Waals surface area contributed by atoms with Crippen molar-refractivity contribution in [2.75, 3.05) is 37.7 Å². The van der Waals surface area contributed by atoms with Gasteiger partial charge in [-0.05, 0) is 49.7 Å². The molecule has 23 heavy (non-hydrogen) atoms. The van der Waals surface area contributed by atoms with Crippen molar-refractivity contribution in [1.82, 2.24) is 10.3 Å². The highest BCUT2D eigenvalue weighted by atomic mass is 16.5. The molecule has 2 aliphatic heterocycles. The topological polar surface area (TPSA) is 54.5 Å². The van der Waals surface area contributed by atoms with E-state index in [1.807, 2.05) is 6.07 Å². The highest BCUT2D eigenvalue weighted by molar-refractivity contribution is 5.94. The Bertz CT molecular complexity index is 529. The van der Waals surface area contributed by atoms with Crippen molar-refractivity contribution in [1.29, 1.82) is 0 Å². The Balaban J connectivity index is 1.58. The number of carbonyl (C=O) groups excluding carboxylic acids is 1. The van der Waals surface area contributed by atoms with Crippen LogP contribution in [0.1, 0.15) is 43.0 Å². The molecule has 2 fully saturated rings. The molecular formula is C18H27N3O2. The van der Waals surface area contributed by atoms with Crippen LogP contribution >= 0.6 is 0 Å². The van der Waals surface area contributed by atoms with E-state index in [2.05, 4.69) is 22.1 Å². The monoisotopic (exact) mass is 317 g/mol. The average Bonchev–Trinajstić information content (AvgIpc) is 2.61. The average molecular weight is 317 g/mol. The third-order valence-corrected chi connectivity index (χ3v) is 4.88. The zero-order chi connectivity index (χ0) is 16.1. The van der Waals surface area contributed by atoms with Crippen molar-refractivity contribution < 1.29 is 9.53 Å². The molecular weight excluding hydrogens is 290 g/mol. The lowest BCUT2D eigenvalue weighted by Gasteiger charge is -2.32. The Hall–Kier alpha value is -1.62. The summed E-state index contributed by atoms with van der Waals surface area (Å²) in [5, 5.41) is 3.07. The van der Waals surface area contributed by atoms with Gasteiger partial charge in [-0.25, -0.2) is 4.98 Å². The van der Waals surface area contributed by atoms with Gasteiger partial charge < -0.3 is 15.0 Å². The minimum absolute atomic E-state index is 0.00481. The quantitative estimate of drug-likeness (QED) is 0.927. The van der Waals surface area contributed by atoms with Gasteiger partial charge in [0.2, 0.25) is 0 Å². The van der Waals surface area contributed by atoms with Crippen LogP contribution in [0.3, 0.4) is 0 Å². The molecule has 1 aromatic rings. The zero-order valence-electron chi connectivity index (χ0n) is 14.0. The van der Waals surface area contributed by atoms with Crippen LogP contribution in [0, 0.1) is 11.8 Å². The van der Waals surface area contributed by atoms with Crippen molar-refractivity contribution in [2.24, 2.45) is 11.8 Å². The summed E-state index contributed by atoms with van der Waals surface area (Å²) in [4.78, 5) is 19.2. The minimum atomic E-state index is 0.00481. The van der Waals surface area contributed by atoms with E-state index in [4.69, 9.17) is 4.74 Å². The van der Waals surface area contributed by atoms with Gasteiger partial charge in [0.05, 0.1) is 0 Å². The fraction of sp³-hybridized carbons (Fsp3) is 0.667.